The van der Waals surface area contributed by atoms with Crippen LogP contribution in [0.3, 0.4) is 0 Å². The van der Waals surface area contributed by atoms with Gasteiger partial charge in [-0.3, -0.25) is 4.79 Å². The molecule has 0 atom stereocenters. The van der Waals surface area contributed by atoms with Gasteiger partial charge in [-0.2, -0.15) is 4.99 Å². The molecule has 1 amide bonds. The maximum absolute atomic E-state index is 14.0. The lowest BCUT2D eigenvalue weighted by Crippen LogP contribution is -2.16. The maximum atomic E-state index is 14.0. The molecule has 0 fully saturated rings. The molecule has 0 spiro atoms. The molecule has 21 heavy (non-hydrogen) atoms. The highest BCUT2D eigenvalue weighted by molar-refractivity contribution is 7.16. The highest BCUT2D eigenvalue weighted by Gasteiger charge is 2.13. The maximum Gasteiger partial charge on any atom is 0.318 e. The van der Waals surface area contributed by atoms with Crippen LogP contribution in [0.4, 0.5) is 4.39 Å². The molecule has 1 aromatic carbocycles. The second-order valence-corrected chi connectivity index (χ2v) is 5.17. The summed E-state index contributed by atoms with van der Waals surface area (Å²) in [7, 11) is 0. The first-order chi connectivity index (χ1) is 10.2. The van der Waals surface area contributed by atoms with Crippen molar-refractivity contribution in [1.82, 2.24) is 9.72 Å². The van der Waals surface area contributed by atoms with Crippen LogP contribution in [-0.4, -0.2) is 15.6 Å². The minimum Gasteiger partial charge on any atom is -0.351 e. The quantitative estimate of drug-likeness (QED) is 0.699. The van der Waals surface area contributed by atoms with Gasteiger partial charge in [0.25, 0.3) is 0 Å². The van der Waals surface area contributed by atoms with Crippen molar-refractivity contribution >= 4 is 27.5 Å². The molecule has 3 aromatic rings. The molecule has 0 aliphatic heterocycles. The minimum atomic E-state index is -0.558. The monoisotopic (exact) mass is 303 g/mol. The number of amides is 1. The Balaban J connectivity index is 2.22. The van der Waals surface area contributed by atoms with E-state index >= 15 is 0 Å². The number of hydrogen-bond donors (Lipinski definition) is 0. The number of fused-ring (bicyclic) bond motifs is 1. The molecule has 5 nitrogen and oxygen atoms in total. The zero-order chi connectivity index (χ0) is 14.8. The Labute approximate surface area is 122 Å². The molecule has 0 aliphatic rings. The van der Waals surface area contributed by atoms with Crippen LogP contribution < -0.4 is 4.80 Å². The van der Waals surface area contributed by atoms with Crippen molar-refractivity contribution in [3.8, 4) is 0 Å². The lowest BCUT2D eigenvalue weighted by molar-refractivity contribution is 0.0962. The smallest absolute Gasteiger partial charge is 0.318 e. The van der Waals surface area contributed by atoms with Crippen LogP contribution in [0.25, 0.3) is 10.2 Å². The number of aromatic nitrogens is 2. The van der Waals surface area contributed by atoms with Crippen LogP contribution >= 0.6 is 11.3 Å². The van der Waals surface area contributed by atoms with Gasteiger partial charge < -0.3 is 9.09 Å². The molecule has 0 bridgehead atoms. The number of nitrogens with zero attached hydrogens (tertiary/aromatic N) is 3. The van der Waals surface area contributed by atoms with Gasteiger partial charge in [0.05, 0.1) is 16.4 Å². The van der Waals surface area contributed by atoms with Crippen molar-refractivity contribution in [3.63, 3.8) is 0 Å². The average molecular weight is 303 g/mol. The summed E-state index contributed by atoms with van der Waals surface area (Å²) in [6, 6.07) is 6.20. The van der Waals surface area contributed by atoms with Crippen LogP contribution in [-0.2, 0) is 6.54 Å². The van der Waals surface area contributed by atoms with E-state index in [9.17, 15) is 9.18 Å². The number of thiazole rings is 1. The largest absolute Gasteiger partial charge is 0.351 e. The van der Waals surface area contributed by atoms with Crippen LogP contribution in [0, 0.1) is 5.82 Å². The van der Waals surface area contributed by atoms with Crippen LogP contribution in [0.2, 0.25) is 0 Å². The second-order valence-electron chi connectivity index (χ2n) is 4.16. The van der Waals surface area contributed by atoms with E-state index in [4.69, 9.17) is 4.52 Å². The van der Waals surface area contributed by atoms with Gasteiger partial charge in [-0.15, -0.1) is 6.58 Å². The lowest BCUT2D eigenvalue weighted by Gasteiger charge is -2.01. The molecule has 0 unspecified atom stereocenters. The van der Waals surface area contributed by atoms with Gasteiger partial charge in [-0.1, -0.05) is 28.6 Å². The molecule has 0 aliphatic carbocycles. The van der Waals surface area contributed by atoms with Crippen LogP contribution in [0.5, 0.6) is 0 Å². The predicted molar refractivity (Wildman–Crippen MR) is 76.4 cm³/mol. The Morgan fingerprint density at radius 1 is 1.52 bits per heavy atom. The molecule has 0 radical (unpaired) electrons. The zero-order valence-corrected chi connectivity index (χ0v) is 11.6. The van der Waals surface area contributed by atoms with E-state index < -0.39 is 5.91 Å². The Bertz CT molecular complexity index is 877. The highest BCUT2D eigenvalue weighted by atomic mass is 32.1. The summed E-state index contributed by atoms with van der Waals surface area (Å²) in [4.78, 5) is 16.3. The summed E-state index contributed by atoms with van der Waals surface area (Å²) in [5.74, 6) is -0.880. The first kappa shape index (κ1) is 13.4. The Morgan fingerprint density at radius 3 is 3.10 bits per heavy atom. The summed E-state index contributed by atoms with van der Waals surface area (Å²) in [6.45, 7) is 4.00. The third kappa shape index (κ3) is 2.43. The lowest BCUT2D eigenvalue weighted by atomic mass is 10.3. The fourth-order valence-corrected chi connectivity index (χ4v) is 2.99. The predicted octanol–water partition coefficient (Wildman–Crippen LogP) is 2.76. The number of halogens is 1. The third-order valence-electron chi connectivity index (χ3n) is 2.81. The van der Waals surface area contributed by atoms with Gasteiger partial charge in [0, 0.05) is 12.6 Å². The molecule has 0 saturated heterocycles. The first-order valence-electron chi connectivity index (χ1n) is 6.09. The van der Waals surface area contributed by atoms with E-state index in [0.29, 0.717) is 21.6 Å². The van der Waals surface area contributed by atoms with Crippen molar-refractivity contribution < 1.29 is 13.7 Å². The molecule has 2 heterocycles. The first-order valence-corrected chi connectivity index (χ1v) is 6.91. The van der Waals surface area contributed by atoms with Crippen molar-refractivity contribution in [1.29, 1.82) is 0 Å². The van der Waals surface area contributed by atoms with Gasteiger partial charge in [0.1, 0.15) is 5.82 Å². The Morgan fingerprint density at radius 2 is 2.38 bits per heavy atom. The molecule has 7 heteroatoms. The van der Waals surface area contributed by atoms with E-state index in [0.717, 1.165) is 0 Å². The van der Waals surface area contributed by atoms with Gasteiger partial charge in [-0.25, -0.2) is 4.39 Å². The minimum absolute atomic E-state index is 0.0399. The molecule has 3 rings (SSSR count). The van der Waals surface area contributed by atoms with Crippen molar-refractivity contribution in [3.05, 3.63) is 59.5 Å². The fraction of sp³-hybridized carbons (Fsp3) is 0.0714. The van der Waals surface area contributed by atoms with E-state index in [1.807, 2.05) is 0 Å². The summed E-state index contributed by atoms with van der Waals surface area (Å²) < 4.78 is 21.1. The summed E-state index contributed by atoms with van der Waals surface area (Å²) in [6.07, 6.45) is 2.99. The number of rotatable bonds is 3. The number of carbonyl (C=O) groups excluding carboxylic acids is 1. The number of benzene rings is 1. The van der Waals surface area contributed by atoms with E-state index in [2.05, 4.69) is 16.7 Å². The number of carbonyl (C=O) groups is 1. The number of para-hydroxylation sites is 1. The van der Waals surface area contributed by atoms with E-state index in [1.54, 1.807) is 22.8 Å². The SMILES string of the molecule is C=CCn1c(=NC(=O)c2ccno2)sc2cccc(F)c21. The molecule has 2 aromatic heterocycles. The number of hydrogen-bond acceptors (Lipinski definition) is 4. The topological polar surface area (TPSA) is 60.4 Å². The summed E-state index contributed by atoms with van der Waals surface area (Å²) >= 11 is 1.23. The Kier molecular flexibility index (Phi) is 3.49. The van der Waals surface area contributed by atoms with Gasteiger partial charge in [0.2, 0.25) is 5.76 Å². The molecular weight excluding hydrogens is 293 g/mol. The molecular formula is C14H10FN3O2S. The third-order valence-corrected chi connectivity index (χ3v) is 3.85. The standard InChI is InChI=1S/C14H10FN3O2S/c1-2-8-18-12-9(15)4-3-5-11(12)21-14(18)17-13(19)10-6-7-16-20-10/h2-7H,1,8H2. The average Bonchev–Trinajstić information content (AvgIpc) is 3.09. The molecule has 0 saturated carbocycles. The normalized spacial score (nSPS) is 12.0. The van der Waals surface area contributed by atoms with Crippen LogP contribution in [0.15, 0.2) is 52.6 Å². The van der Waals surface area contributed by atoms with E-state index in [-0.39, 0.29) is 11.6 Å². The second kappa shape index (κ2) is 5.45. The zero-order valence-electron chi connectivity index (χ0n) is 10.8. The molecule has 0 N–H and O–H groups in total. The van der Waals surface area contributed by atoms with Gasteiger partial charge >= 0.3 is 5.91 Å². The van der Waals surface area contributed by atoms with Gasteiger partial charge in [0.15, 0.2) is 4.80 Å². The van der Waals surface area contributed by atoms with Gasteiger partial charge in [-0.05, 0) is 12.1 Å². The van der Waals surface area contributed by atoms with Crippen molar-refractivity contribution in [2.45, 2.75) is 6.54 Å². The fourth-order valence-electron chi connectivity index (χ4n) is 1.94. The number of allylic oxidation sites excluding steroid dienone is 1. The summed E-state index contributed by atoms with van der Waals surface area (Å²) in [5, 5.41) is 3.47. The Hall–Kier alpha value is -2.54. The van der Waals surface area contributed by atoms with Crippen LogP contribution in [0.1, 0.15) is 10.6 Å². The van der Waals surface area contributed by atoms with Crippen molar-refractivity contribution in [2.75, 3.05) is 0 Å². The van der Waals surface area contributed by atoms with Crippen molar-refractivity contribution in [2.24, 2.45) is 4.99 Å². The van der Waals surface area contributed by atoms with E-state index in [1.165, 1.54) is 29.7 Å². The summed E-state index contributed by atoms with van der Waals surface area (Å²) in [5.41, 5.74) is 0.409. The highest BCUT2D eigenvalue weighted by Crippen LogP contribution is 2.20. The molecule has 106 valence electrons.